The number of nitrogens with zero attached hydrogens (tertiary/aromatic N) is 1. The molecule has 0 aliphatic rings. The second kappa shape index (κ2) is 8.92. The van der Waals surface area contributed by atoms with E-state index in [2.05, 4.69) is 109 Å². The van der Waals surface area contributed by atoms with Gasteiger partial charge in [0.25, 0.3) is 0 Å². The zero-order valence-electron chi connectivity index (χ0n) is 20.1. The summed E-state index contributed by atoms with van der Waals surface area (Å²) < 4.78 is 6.62. The summed E-state index contributed by atoms with van der Waals surface area (Å²) in [6.07, 6.45) is 1.95. The molecule has 0 saturated carbocycles. The van der Waals surface area contributed by atoms with E-state index < -0.39 is 0 Å². The van der Waals surface area contributed by atoms with Crippen LogP contribution in [0.4, 0.5) is 0 Å². The third kappa shape index (κ3) is 3.80. The van der Waals surface area contributed by atoms with Crippen molar-refractivity contribution in [2.75, 3.05) is 0 Å². The predicted molar refractivity (Wildman–Crippen MR) is 153 cm³/mol. The van der Waals surface area contributed by atoms with Crippen LogP contribution in [0, 0.1) is 0 Å². The van der Waals surface area contributed by atoms with Crippen LogP contribution in [0.5, 0.6) is 0 Å². The molecule has 0 amide bonds. The summed E-state index contributed by atoms with van der Waals surface area (Å²) >= 11 is 0. The number of fused-ring (bicyclic) bond motifs is 3. The molecule has 0 saturated heterocycles. The van der Waals surface area contributed by atoms with Gasteiger partial charge in [-0.3, -0.25) is 4.98 Å². The number of hydrogen-bond acceptors (Lipinski definition) is 2. The lowest BCUT2D eigenvalue weighted by atomic mass is 9.97. The highest BCUT2D eigenvalue weighted by Gasteiger charge is 2.15. The van der Waals surface area contributed by atoms with Crippen LogP contribution in [0.1, 0.15) is 0 Å². The molecule has 0 aliphatic carbocycles. The number of furan rings is 1. The summed E-state index contributed by atoms with van der Waals surface area (Å²) in [6, 6.07) is 46.3. The minimum Gasteiger partial charge on any atom is -0.455 e. The summed E-state index contributed by atoms with van der Waals surface area (Å²) in [5, 5.41) is 2.26. The van der Waals surface area contributed by atoms with Gasteiger partial charge in [0.1, 0.15) is 11.2 Å². The van der Waals surface area contributed by atoms with Gasteiger partial charge < -0.3 is 4.42 Å². The molecular weight excluding hydrogens is 450 g/mol. The number of rotatable bonds is 4. The molecular formula is C35H23NO. The standard InChI is InChI=1S/C35H23NO/c1-3-10-24(11-4-1)29-16-8-18-31-32-19-9-17-30(35(32)37-34(29)31)27-15-7-14-26(22-27)28-20-21-33(36-23-28)25-12-5-2-6-13-25/h1-23H. The van der Waals surface area contributed by atoms with Crippen molar-refractivity contribution in [1.82, 2.24) is 4.98 Å². The molecule has 0 spiro atoms. The zero-order chi connectivity index (χ0) is 24.6. The van der Waals surface area contributed by atoms with E-state index >= 15 is 0 Å². The number of pyridine rings is 1. The second-order valence-electron chi connectivity index (χ2n) is 9.21. The van der Waals surface area contributed by atoms with Gasteiger partial charge in [-0.2, -0.15) is 0 Å². The van der Waals surface area contributed by atoms with Gasteiger partial charge in [0, 0.05) is 39.2 Å². The van der Waals surface area contributed by atoms with Crippen LogP contribution in [0.3, 0.4) is 0 Å². The monoisotopic (exact) mass is 473 g/mol. The van der Waals surface area contributed by atoms with Crippen LogP contribution in [-0.4, -0.2) is 4.98 Å². The van der Waals surface area contributed by atoms with E-state index in [1.54, 1.807) is 0 Å². The molecule has 0 aliphatic heterocycles. The lowest BCUT2D eigenvalue weighted by Gasteiger charge is -2.08. The Labute approximate surface area is 215 Å². The highest BCUT2D eigenvalue weighted by atomic mass is 16.3. The summed E-state index contributed by atoms with van der Waals surface area (Å²) in [4.78, 5) is 4.73. The second-order valence-corrected chi connectivity index (χ2v) is 9.21. The molecule has 0 bridgehead atoms. The molecule has 2 aromatic heterocycles. The molecule has 2 nitrogen and oxygen atoms in total. The molecule has 0 unspecified atom stereocenters. The number of aromatic nitrogens is 1. The Morgan fingerprint density at radius 1 is 0.405 bits per heavy atom. The van der Waals surface area contributed by atoms with Crippen LogP contribution in [0.25, 0.3) is 66.6 Å². The molecule has 174 valence electrons. The van der Waals surface area contributed by atoms with Crippen molar-refractivity contribution in [2.24, 2.45) is 0 Å². The highest BCUT2D eigenvalue weighted by Crippen LogP contribution is 2.40. The zero-order valence-corrected chi connectivity index (χ0v) is 20.1. The van der Waals surface area contributed by atoms with E-state index in [4.69, 9.17) is 9.40 Å². The van der Waals surface area contributed by atoms with Crippen LogP contribution >= 0.6 is 0 Å². The quantitative estimate of drug-likeness (QED) is 0.254. The molecule has 7 rings (SSSR count). The van der Waals surface area contributed by atoms with Gasteiger partial charge >= 0.3 is 0 Å². The maximum atomic E-state index is 6.62. The lowest BCUT2D eigenvalue weighted by molar-refractivity contribution is 0.671. The number of benzene rings is 5. The SMILES string of the molecule is c1ccc(-c2ccc(-c3cccc(-c4cccc5c4oc4c(-c6ccccc6)cccc45)c3)cn2)cc1. The minimum atomic E-state index is 0.913. The molecule has 2 heterocycles. The largest absolute Gasteiger partial charge is 0.455 e. The van der Waals surface area contributed by atoms with E-state index in [9.17, 15) is 0 Å². The van der Waals surface area contributed by atoms with Crippen LogP contribution in [-0.2, 0) is 0 Å². The van der Waals surface area contributed by atoms with E-state index in [0.717, 1.165) is 66.6 Å². The van der Waals surface area contributed by atoms with Crippen LogP contribution < -0.4 is 0 Å². The Morgan fingerprint density at radius 2 is 0.973 bits per heavy atom. The smallest absolute Gasteiger partial charge is 0.143 e. The molecule has 0 fully saturated rings. The van der Waals surface area contributed by atoms with Gasteiger partial charge in [0.05, 0.1) is 5.69 Å². The summed E-state index contributed by atoms with van der Waals surface area (Å²) in [7, 11) is 0. The van der Waals surface area contributed by atoms with Crippen molar-refractivity contribution in [3.63, 3.8) is 0 Å². The van der Waals surface area contributed by atoms with Crippen molar-refractivity contribution in [2.45, 2.75) is 0 Å². The Bertz CT molecular complexity index is 1850. The topological polar surface area (TPSA) is 26.0 Å². The van der Waals surface area contributed by atoms with Crippen molar-refractivity contribution in [3.8, 4) is 44.6 Å². The molecule has 7 aromatic rings. The van der Waals surface area contributed by atoms with Gasteiger partial charge in [0.2, 0.25) is 0 Å². The van der Waals surface area contributed by atoms with E-state index in [0.29, 0.717) is 0 Å². The molecule has 37 heavy (non-hydrogen) atoms. The highest BCUT2D eigenvalue weighted by molar-refractivity contribution is 6.13. The fourth-order valence-corrected chi connectivity index (χ4v) is 5.10. The van der Waals surface area contributed by atoms with E-state index in [1.807, 2.05) is 30.5 Å². The Morgan fingerprint density at radius 3 is 1.62 bits per heavy atom. The van der Waals surface area contributed by atoms with Crippen LogP contribution in [0.2, 0.25) is 0 Å². The Hall–Kier alpha value is -4.95. The molecule has 5 aromatic carbocycles. The van der Waals surface area contributed by atoms with Crippen LogP contribution in [0.15, 0.2) is 144 Å². The Balaban J connectivity index is 1.32. The van der Waals surface area contributed by atoms with Crippen molar-refractivity contribution < 1.29 is 4.42 Å². The van der Waals surface area contributed by atoms with Gasteiger partial charge in [-0.05, 0) is 28.8 Å². The number of hydrogen-bond donors (Lipinski definition) is 0. The van der Waals surface area contributed by atoms with Gasteiger partial charge in [-0.1, -0.05) is 121 Å². The van der Waals surface area contributed by atoms with Gasteiger partial charge in [-0.15, -0.1) is 0 Å². The first-order valence-corrected chi connectivity index (χ1v) is 12.5. The molecule has 0 N–H and O–H groups in total. The first-order chi connectivity index (χ1) is 18.3. The predicted octanol–water partition coefficient (Wildman–Crippen LogP) is 9.65. The van der Waals surface area contributed by atoms with Crippen molar-refractivity contribution >= 4 is 21.9 Å². The maximum absolute atomic E-state index is 6.62. The summed E-state index contributed by atoms with van der Waals surface area (Å²) in [5.74, 6) is 0. The molecule has 0 atom stereocenters. The first kappa shape index (κ1) is 21.3. The first-order valence-electron chi connectivity index (χ1n) is 12.5. The molecule has 0 radical (unpaired) electrons. The van der Waals surface area contributed by atoms with Crippen molar-refractivity contribution in [3.05, 3.63) is 140 Å². The fraction of sp³-hybridized carbons (Fsp3) is 0. The molecule has 2 heteroatoms. The average molecular weight is 474 g/mol. The maximum Gasteiger partial charge on any atom is 0.143 e. The number of para-hydroxylation sites is 2. The normalized spacial score (nSPS) is 11.2. The lowest BCUT2D eigenvalue weighted by Crippen LogP contribution is -1.86. The average Bonchev–Trinajstić information content (AvgIpc) is 3.37. The van der Waals surface area contributed by atoms with Gasteiger partial charge in [-0.25, -0.2) is 0 Å². The Kier molecular flexibility index (Phi) is 5.15. The van der Waals surface area contributed by atoms with E-state index in [1.165, 1.54) is 0 Å². The summed E-state index contributed by atoms with van der Waals surface area (Å²) in [5.41, 5.74) is 10.6. The van der Waals surface area contributed by atoms with Gasteiger partial charge in [0.15, 0.2) is 0 Å². The third-order valence-electron chi connectivity index (χ3n) is 6.95. The van der Waals surface area contributed by atoms with E-state index in [-0.39, 0.29) is 0 Å². The minimum absolute atomic E-state index is 0.913. The fourth-order valence-electron chi connectivity index (χ4n) is 5.10. The third-order valence-corrected chi connectivity index (χ3v) is 6.95. The van der Waals surface area contributed by atoms with Crippen molar-refractivity contribution in [1.29, 1.82) is 0 Å². The summed E-state index contributed by atoms with van der Waals surface area (Å²) in [6.45, 7) is 0.